The summed E-state index contributed by atoms with van der Waals surface area (Å²) in [5.41, 5.74) is 0. The highest BCUT2D eigenvalue weighted by atomic mass is 35.5. The van der Waals surface area contributed by atoms with Crippen molar-refractivity contribution in [2.45, 2.75) is 18.6 Å². The molecule has 1 aromatic rings. The minimum absolute atomic E-state index is 0.0504. The van der Waals surface area contributed by atoms with E-state index in [1.165, 1.54) is 11.8 Å². The van der Waals surface area contributed by atoms with Gasteiger partial charge >= 0.3 is 0 Å². The van der Waals surface area contributed by atoms with Gasteiger partial charge in [-0.2, -0.15) is 11.8 Å². The van der Waals surface area contributed by atoms with Crippen LogP contribution in [0.5, 0.6) is 0 Å². The van der Waals surface area contributed by atoms with Crippen molar-refractivity contribution in [3.05, 3.63) is 23.4 Å². The SMILES string of the molecule is CCC(SC)C(=O)Nc1ncccc1Cl. The van der Waals surface area contributed by atoms with Crippen molar-refractivity contribution in [2.24, 2.45) is 0 Å². The van der Waals surface area contributed by atoms with E-state index in [0.717, 1.165) is 6.42 Å². The molecule has 15 heavy (non-hydrogen) atoms. The summed E-state index contributed by atoms with van der Waals surface area (Å²) >= 11 is 7.40. The molecule has 0 saturated heterocycles. The lowest BCUT2D eigenvalue weighted by Crippen LogP contribution is -2.24. The van der Waals surface area contributed by atoms with Gasteiger partial charge in [-0.1, -0.05) is 18.5 Å². The van der Waals surface area contributed by atoms with Gasteiger partial charge in [0.05, 0.1) is 10.3 Å². The van der Waals surface area contributed by atoms with Gasteiger partial charge in [0.1, 0.15) is 0 Å². The first-order chi connectivity index (χ1) is 7.19. The van der Waals surface area contributed by atoms with Crippen LogP contribution in [0.25, 0.3) is 0 Å². The van der Waals surface area contributed by atoms with Gasteiger partial charge < -0.3 is 5.32 Å². The zero-order valence-electron chi connectivity index (χ0n) is 8.66. The Morgan fingerprint density at radius 3 is 3.00 bits per heavy atom. The predicted octanol–water partition coefficient (Wildman–Crippen LogP) is 2.82. The Labute approximate surface area is 98.6 Å². The van der Waals surface area contributed by atoms with Crippen molar-refractivity contribution in [3.8, 4) is 0 Å². The third-order valence-corrected chi connectivity index (χ3v) is 3.37. The third kappa shape index (κ3) is 3.39. The number of aromatic nitrogens is 1. The number of halogens is 1. The number of nitrogens with zero attached hydrogens (tertiary/aromatic N) is 1. The third-order valence-electron chi connectivity index (χ3n) is 1.95. The predicted molar refractivity (Wildman–Crippen MR) is 65.5 cm³/mol. The fraction of sp³-hybridized carbons (Fsp3) is 0.400. The van der Waals surface area contributed by atoms with Crippen LogP contribution in [0.4, 0.5) is 5.82 Å². The molecule has 1 unspecified atom stereocenters. The second-order valence-electron chi connectivity index (χ2n) is 2.96. The number of thioether (sulfide) groups is 1. The lowest BCUT2D eigenvalue weighted by Gasteiger charge is -2.12. The Hall–Kier alpha value is -0.740. The Morgan fingerprint density at radius 2 is 2.47 bits per heavy atom. The summed E-state index contributed by atoms with van der Waals surface area (Å²) in [6.45, 7) is 1.97. The summed E-state index contributed by atoms with van der Waals surface area (Å²) in [5, 5.41) is 3.12. The van der Waals surface area contributed by atoms with Gasteiger partial charge in [-0.15, -0.1) is 0 Å². The summed E-state index contributed by atoms with van der Waals surface area (Å²) in [5.74, 6) is 0.377. The topological polar surface area (TPSA) is 42.0 Å². The summed E-state index contributed by atoms with van der Waals surface area (Å²) in [6.07, 6.45) is 4.30. The summed E-state index contributed by atoms with van der Waals surface area (Å²) < 4.78 is 0. The molecule has 1 heterocycles. The molecule has 0 saturated carbocycles. The monoisotopic (exact) mass is 244 g/mol. The van der Waals surface area contributed by atoms with Crippen LogP contribution in [0.2, 0.25) is 5.02 Å². The molecule has 0 aliphatic heterocycles. The van der Waals surface area contributed by atoms with E-state index >= 15 is 0 Å². The fourth-order valence-electron chi connectivity index (χ4n) is 1.13. The van der Waals surface area contributed by atoms with E-state index in [-0.39, 0.29) is 11.2 Å². The molecule has 0 spiro atoms. The molecule has 1 amide bonds. The number of hydrogen-bond acceptors (Lipinski definition) is 3. The van der Waals surface area contributed by atoms with Crippen molar-refractivity contribution in [3.63, 3.8) is 0 Å². The van der Waals surface area contributed by atoms with Gasteiger partial charge in [0.15, 0.2) is 5.82 Å². The average molecular weight is 245 g/mol. The first-order valence-corrected chi connectivity index (χ1v) is 6.29. The number of carbonyl (C=O) groups excluding carboxylic acids is 1. The molecule has 0 fully saturated rings. The zero-order valence-corrected chi connectivity index (χ0v) is 10.2. The lowest BCUT2D eigenvalue weighted by atomic mass is 10.3. The summed E-state index contributed by atoms with van der Waals surface area (Å²) in [4.78, 5) is 15.7. The van der Waals surface area contributed by atoms with E-state index in [9.17, 15) is 4.79 Å². The highest BCUT2D eigenvalue weighted by molar-refractivity contribution is 7.99. The number of amides is 1. The summed E-state index contributed by atoms with van der Waals surface area (Å²) in [7, 11) is 0. The second-order valence-corrected chi connectivity index (χ2v) is 4.40. The van der Waals surface area contributed by atoms with Crippen LogP contribution in [0, 0.1) is 0 Å². The second kappa shape index (κ2) is 5.98. The highest BCUT2D eigenvalue weighted by Crippen LogP contribution is 2.19. The molecule has 1 atom stereocenters. The molecule has 0 aliphatic rings. The van der Waals surface area contributed by atoms with Crippen molar-refractivity contribution >= 4 is 35.1 Å². The van der Waals surface area contributed by atoms with Crippen LogP contribution in [0.1, 0.15) is 13.3 Å². The lowest BCUT2D eigenvalue weighted by molar-refractivity contribution is -0.115. The van der Waals surface area contributed by atoms with Crippen LogP contribution < -0.4 is 5.32 Å². The normalized spacial score (nSPS) is 12.2. The van der Waals surface area contributed by atoms with Gasteiger partial charge in [0, 0.05) is 6.20 Å². The van der Waals surface area contributed by atoms with E-state index in [0.29, 0.717) is 10.8 Å². The smallest absolute Gasteiger partial charge is 0.238 e. The molecular formula is C10H13ClN2OS. The van der Waals surface area contributed by atoms with E-state index < -0.39 is 0 Å². The Balaban J connectivity index is 2.70. The van der Waals surface area contributed by atoms with E-state index in [1.807, 2.05) is 13.2 Å². The van der Waals surface area contributed by atoms with Gasteiger partial charge in [-0.25, -0.2) is 4.98 Å². The Kier molecular flexibility index (Phi) is 4.91. The maximum Gasteiger partial charge on any atom is 0.238 e. The van der Waals surface area contributed by atoms with Gasteiger partial charge in [-0.05, 0) is 24.8 Å². The molecule has 82 valence electrons. The Bertz CT molecular complexity index is 342. The Morgan fingerprint density at radius 1 is 1.73 bits per heavy atom. The van der Waals surface area contributed by atoms with Crippen molar-refractivity contribution in [1.82, 2.24) is 4.98 Å². The summed E-state index contributed by atoms with van der Waals surface area (Å²) in [6, 6.07) is 3.42. The average Bonchev–Trinajstić information content (AvgIpc) is 2.23. The molecular weight excluding hydrogens is 232 g/mol. The minimum atomic E-state index is -0.0527. The van der Waals surface area contributed by atoms with Gasteiger partial charge in [-0.3, -0.25) is 4.79 Å². The molecule has 3 nitrogen and oxygen atoms in total. The molecule has 0 aromatic carbocycles. The fourth-order valence-corrected chi connectivity index (χ4v) is 1.91. The molecule has 5 heteroatoms. The number of anilines is 1. The van der Waals surface area contributed by atoms with Crippen LogP contribution in [-0.2, 0) is 4.79 Å². The van der Waals surface area contributed by atoms with Crippen molar-refractivity contribution in [1.29, 1.82) is 0 Å². The molecule has 0 aliphatic carbocycles. The molecule has 0 bridgehead atoms. The number of nitrogens with one attached hydrogen (secondary N) is 1. The maximum absolute atomic E-state index is 11.7. The highest BCUT2D eigenvalue weighted by Gasteiger charge is 2.16. The minimum Gasteiger partial charge on any atom is -0.308 e. The van der Waals surface area contributed by atoms with Crippen LogP contribution in [-0.4, -0.2) is 22.4 Å². The van der Waals surface area contributed by atoms with Gasteiger partial charge in [0.25, 0.3) is 0 Å². The molecule has 0 radical (unpaired) electrons. The van der Waals surface area contributed by atoms with Crippen molar-refractivity contribution in [2.75, 3.05) is 11.6 Å². The first-order valence-electron chi connectivity index (χ1n) is 4.63. The largest absolute Gasteiger partial charge is 0.308 e. The van der Waals surface area contributed by atoms with Gasteiger partial charge in [0.2, 0.25) is 5.91 Å². The molecule has 1 rings (SSSR count). The standard InChI is InChI=1S/C10H13ClN2OS/c1-3-8(15-2)10(14)13-9-7(11)5-4-6-12-9/h4-6,8H,3H2,1-2H3,(H,12,13,14). The van der Waals surface area contributed by atoms with Crippen LogP contribution >= 0.6 is 23.4 Å². The first kappa shape index (κ1) is 12.3. The van der Waals surface area contributed by atoms with E-state index in [2.05, 4.69) is 10.3 Å². The maximum atomic E-state index is 11.7. The number of pyridine rings is 1. The number of rotatable bonds is 4. The zero-order chi connectivity index (χ0) is 11.3. The van der Waals surface area contributed by atoms with E-state index in [4.69, 9.17) is 11.6 Å². The van der Waals surface area contributed by atoms with E-state index in [1.54, 1.807) is 18.3 Å². The number of hydrogen-bond donors (Lipinski definition) is 1. The van der Waals surface area contributed by atoms with Crippen LogP contribution in [0.15, 0.2) is 18.3 Å². The molecule has 1 N–H and O–H groups in total. The number of carbonyl (C=O) groups is 1. The van der Waals surface area contributed by atoms with Crippen molar-refractivity contribution < 1.29 is 4.79 Å². The quantitative estimate of drug-likeness (QED) is 0.886. The van der Waals surface area contributed by atoms with Crippen LogP contribution in [0.3, 0.4) is 0 Å². The molecule has 1 aromatic heterocycles.